The molecule has 0 spiro atoms. The number of nitrogens with one attached hydrogen (secondary N) is 2. The first-order valence-corrected chi connectivity index (χ1v) is 10.9. The van der Waals surface area contributed by atoms with E-state index in [0.717, 1.165) is 5.56 Å². The van der Waals surface area contributed by atoms with Crippen LogP contribution < -0.4 is 19.5 Å². The fourth-order valence-electron chi connectivity index (χ4n) is 2.70. The molecular formula is C21H28N2O5S. The SMILES string of the molecule is CCOc1ccccc1NC(=O)C(C)NS(=O)(=O)c1cc(C(C)C)ccc1OC. The number of rotatable bonds is 9. The summed E-state index contributed by atoms with van der Waals surface area (Å²) in [6, 6.07) is 11.0. The Labute approximate surface area is 172 Å². The number of hydrogen-bond acceptors (Lipinski definition) is 5. The highest BCUT2D eigenvalue weighted by atomic mass is 32.2. The van der Waals surface area contributed by atoms with Gasteiger partial charge >= 0.3 is 0 Å². The van der Waals surface area contributed by atoms with Gasteiger partial charge in [0.1, 0.15) is 16.4 Å². The average molecular weight is 421 g/mol. The number of methoxy groups -OCH3 is 1. The van der Waals surface area contributed by atoms with Crippen LogP contribution in [0, 0.1) is 0 Å². The number of para-hydroxylation sites is 2. The molecule has 0 saturated carbocycles. The molecule has 0 heterocycles. The van der Waals surface area contributed by atoms with Gasteiger partial charge in [-0.3, -0.25) is 4.79 Å². The summed E-state index contributed by atoms with van der Waals surface area (Å²) in [6.45, 7) is 7.71. The largest absolute Gasteiger partial charge is 0.495 e. The van der Waals surface area contributed by atoms with E-state index in [4.69, 9.17) is 9.47 Å². The number of benzene rings is 2. The predicted octanol–water partition coefficient (Wildman–Crippen LogP) is 3.52. The van der Waals surface area contributed by atoms with E-state index in [1.165, 1.54) is 14.0 Å². The Morgan fingerprint density at radius 2 is 1.76 bits per heavy atom. The second kappa shape index (κ2) is 9.76. The number of ether oxygens (including phenoxy) is 2. The molecule has 0 aliphatic rings. The standard InChI is InChI=1S/C21H28N2O5S/c1-6-28-18-10-8-7-9-17(18)22-21(24)15(4)23-29(25,26)20-13-16(14(2)3)11-12-19(20)27-5/h7-15,23H,6H2,1-5H3,(H,22,24). The number of amides is 1. The second-order valence-corrected chi connectivity index (χ2v) is 8.51. The van der Waals surface area contributed by atoms with Crippen molar-refractivity contribution in [2.75, 3.05) is 19.0 Å². The maximum absolute atomic E-state index is 12.9. The first kappa shape index (κ1) is 22.7. The number of carbonyl (C=O) groups is 1. The molecule has 0 aromatic heterocycles. The van der Waals surface area contributed by atoms with Crippen molar-refractivity contribution in [3.8, 4) is 11.5 Å². The van der Waals surface area contributed by atoms with Gasteiger partial charge in [0, 0.05) is 0 Å². The Hall–Kier alpha value is -2.58. The van der Waals surface area contributed by atoms with Gasteiger partial charge < -0.3 is 14.8 Å². The molecule has 29 heavy (non-hydrogen) atoms. The minimum Gasteiger partial charge on any atom is -0.495 e. The Kier molecular flexibility index (Phi) is 7.64. The zero-order valence-electron chi connectivity index (χ0n) is 17.4. The Morgan fingerprint density at radius 3 is 2.38 bits per heavy atom. The lowest BCUT2D eigenvalue weighted by Gasteiger charge is -2.18. The molecule has 1 amide bonds. The van der Waals surface area contributed by atoms with E-state index in [0.29, 0.717) is 18.0 Å². The van der Waals surface area contributed by atoms with Crippen LogP contribution >= 0.6 is 0 Å². The van der Waals surface area contributed by atoms with Gasteiger partial charge in [-0.05, 0) is 49.6 Å². The third kappa shape index (κ3) is 5.71. The summed E-state index contributed by atoms with van der Waals surface area (Å²) in [5.74, 6) is 0.381. The third-order valence-corrected chi connectivity index (χ3v) is 5.88. The molecule has 1 unspecified atom stereocenters. The molecular weight excluding hydrogens is 392 g/mol. The summed E-state index contributed by atoms with van der Waals surface area (Å²) < 4.78 is 39.0. The molecule has 2 N–H and O–H groups in total. The Morgan fingerprint density at radius 1 is 1.07 bits per heavy atom. The van der Waals surface area contributed by atoms with Crippen molar-refractivity contribution in [2.24, 2.45) is 0 Å². The summed E-state index contributed by atoms with van der Waals surface area (Å²) in [7, 11) is -2.58. The van der Waals surface area contributed by atoms with E-state index in [-0.39, 0.29) is 16.6 Å². The smallest absolute Gasteiger partial charge is 0.244 e. The summed E-state index contributed by atoms with van der Waals surface area (Å²) in [5, 5.41) is 2.71. The lowest BCUT2D eigenvalue weighted by Crippen LogP contribution is -2.41. The van der Waals surface area contributed by atoms with Crippen molar-refractivity contribution in [3.05, 3.63) is 48.0 Å². The van der Waals surface area contributed by atoms with Crippen LogP contribution in [0.15, 0.2) is 47.4 Å². The summed E-state index contributed by atoms with van der Waals surface area (Å²) in [5.41, 5.74) is 1.33. The second-order valence-electron chi connectivity index (χ2n) is 6.83. The molecule has 1 atom stereocenters. The normalized spacial score (nSPS) is 12.5. The van der Waals surface area contributed by atoms with Crippen molar-refractivity contribution >= 4 is 21.6 Å². The lowest BCUT2D eigenvalue weighted by atomic mass is 10.0. The molecule has 2 aromatic carbocycles. The van der Waals surface area contributed by atoms with Crippen LogP contribution in [0.4, 0.5) is 5.69 Å². The van der Waals surface area contributed by atoms with E-state index in [2.05, 4.69) is 10.0 Å². The molecule has 0 radical (unpaired) electrons. The minimum absolute atomic E-state index is 0.000525. The minimum atomic E-state index is -3.98. The molecule has 0 aliphatic carbocycles. The highest BCUT2D eigenvalue weighted by Gasteiger charge is 2.26. The highest BCUT2D eigenvalue weighted by Crippen LogP contribution is 2.28. The van der Waals surface area contributed by atoms with Gasteiger partial charge in [-0.1, -0.05) is 32.0 Å². The fourth-order valence-corrected chi connectivity index (χ4v) is 4.11. The number of carbonyl (C=O) groups excluding carboxylic acids is 1. The van der Waals surface area contributed by atoms with Crippen LogP contribution in [0.3, 0.4) is 0 Å². The van der Waals surface area contributed by atoms with Gasteiger partial charge in [0.05, 0.1) is 25.4 Å². The Bertz CT molecular complexity index is 957. The van der Waals surface area contributed by atoms with E-state index in [1.807, 2.05) is 26.8 Å². The van der Waals surface area contributed by atoms with E-state index >= 15 is 0 Å². The molecule has 0 saturated heterocycles. The number of hydrogen-bond donors (Lipinski definition) is 2. The molecule has 2 aromatic rings. The first-order chi connectivity index (χ1) is 13.7. The molecule has 7 nitrogen and oxygen atoms in total. The molecule has 158 valence electrons. The van der Waals surface area contributed by atoms with Gasteiger partial charge in [-0.2, -0.15) is 4.72 Å². The zero-order chi connectivity index (χ0) is 21.6. The summed E-state index contributed by atoms with van der Waals surface area (Å²) >= 11 is 0. The van der Waals surface area contributed by atoms with Crippen LogP contribution in [0.1, 0.15) is 39.2 Å². The first-order valence-electron chi connectivity index (χ1n) is 9.42. The fraction of sp³-hybridized carbons (Fsp3) is 0.381. The summed E-state index contributed by atoms with van der Waals surface area (Å²) in [4.78, 5) is 12.6. The van der Waals surface area contributed by atoms with Crippen LogP contribution in [0.5, 0.6) is 11.5 Å². The number of anilines is 1. The monoisotopic (exact) mass is 420 g/mol. The van der Waals surface area contributed by atoms with E-state index in [1.54, 1.807) is 36.4 Å². The van der Waals surface area contributed by atoms with E-state index < -0.39 is 22.0 Å². The van der Waals surface area contributed by atoms with Gasteiger partial charge in [0.2, 0.25) is 15.9 Å². The Balaban J connectivity index is 2.22. The molecule has 0 aliphatic heterocycles. The number of sulfonamides is 1. The maximum atomic E-state index is 12.9. The van der Waals surface area contributed by atoms with Crippen molar-refractivity contribution < 1.29 is 22.7 Å². The maximum Gasteiger partial charge on any atom is 0.244 e. The summed E-state index contributed by atoms with van der Waals surface area (Å²) in [6.07, 6.45) is 0. The van der Waals surface area contributed by atoms with Crippen LogP contribution in [-0.2, 0) is 14.8 Å². The van der Waals surface area contributed by atoms with Crippen molar-refractivity contribution in [1.82, 2.24) is 4.72 Å². The van der Waals surface area contributed by atoms with Crippen molar-refractivity contribution in [1.29, 1.82) is 0 Å². The van der Waals surface area contributed by atoms with E-state index in [9.17, 15) is 13.2 Å². The average Bonchev–Trinajstić information content (AvgIpc) is 2.68. The predicted molar refractivity (Wildman–Crippen MR) is 113 cm³/mol. The van der Waals surface area contributed by atoms with Crippen LogP contribution in [-0.4, -0.2) is 34.1 Å². The molecule has 0 bridgehead atoms. The molecule has 0 fully saturated rings. The van der Waals surface area contributed by atoms with Gasteiger partial charge in [-0.25, -0.2) is 8.42 Å². The van der Waals surface area contributed by atoms with Crippen LogP contribution in [0.2, 0.25) is 0 Å². The third-order valence-electron chi connectivity index (χ3n) is 4.31. The van der Waals surface area contributed by atoms with Crippen LogP contribution in [0.25, 0.3) is 0 Å². The van der Waals surface area contributed by atoms with Crippen molar-refractivity contribution in [2.45, 2.75) is 44.6 Å². The molecule has 8 heteroatoms. The molecule has 2 rings (SSSR count). The van der Waals surface area contributed by atoms with Gasteiger partial charge in [0.25, 0.3) is 0 Å². The quantitative estimate of drug-likeness (QED) is 0.647. The van der Waals surface area contributed by atoms with Gasteiger partial charge in [0.15, 0.2) is 0 Å². The van der Waals surface area contributed by atoms with Crippen molar-refractivity contribution in [3.63, 3.8) is 0 Å². The topological polar surface area (TPSA) is 93.7 Å². The zero-order valence-corrected chi connectivity index (χ0v) is 18.2. The lowest BCUT2D eigenvalue weighted by molar-refractivity contribution is -0.117. The van der Waals surface area contributed by atoms with Gasteiger partial charge in [-0.15, -0.1) is 0 Å². The highest BCUT2D eigenvalue weighted by molar-refractivity contribution is 7.89.